The number of aryl methyl sites for hydroxylation is 1. The lowest BCUT2D eigenvalue weighted by Gasteiger charge is -2.08. The van der Waals surface area contributed by atoms with Gasteiger partial charge >= 0.3 is 5.69 Å². The highest BCUT2D eigenvalue weighted by Gasteiger charge is 2.21. The molecule has 0 aliphatic heterocycles. The normalized spacial score (nSPS) is 11.4. The number of benzene rings is 2. The number of halogens is 3. The molecule has 0 radical (unpaired) electrons. The van der Waals surface area contributed by atoms with E-state index in [-0.39, 0.29) is 29.2 Å². The highest BCUT2D eigenvalue weighted by Crippen LogP contribution is 2.37. The second kappa shape index (κ2) is 7.87. The summed E-state index contributed by atoms with van der Waals surface area (Å²) in [5.74, 6) is -1.64. The zero-order valence-corrected chi connectivity index (χ0v) is 18.1. The van der Waals surface area contributed by atoms with Gasteiger partial charge < -0.3 is 10.3 Å². The molecule has 0 aliphatic rings. The lowest BCUT2D eigenvalue weighted by atomic mass is 10.0. The van der Waals surface area contributed by atoms with Gasteiger partial charge in [-0.1, -0.05) is 0 Å². The molecule has 172 valence electrons. The molecule has 0 amide bonds. The smallest absolute Gasteiger partial charge is 0.350 e. The number of nitrogen functional groups attached to an aromatic ring is 1. The highest BCUT2D eigenvalue weighted by molar-refractivity contribution is 6.02. The Hall–Kier alpha value is -4.41. The van der Waals surface area contributed by atoms with Gasteiger partial charge in [-0.25, -0.2) is 27.9 Å². The van der Waals surface area contributed by atoms with E-state index in [0.717, 1.165) is 33.1 Å². The average Bonchev–Trinajstić information content (AvgIpc) is 3.29. The second-order valence-electron chi connectivity index (χ2n) is 7.83. The van der Waals surface area contributed by atoms with Crippen LogP contribution in [0, 0.1) is 24.4 Å². The van der Waals surface area contributed by atoms with Crippen LogP contribution in [0.2, 0.25) is 0 Å². The number of nitrogens with zero attached hydrogens (tertiary/aromatic N) is 6. The molecule has 0 atom stereocenters. The van der Waals surface area contributed by atoms with Crippen molar-refractivity contribution >= 4 is 16.9 Å². The van der Waals surface area contributed by atoms with Gasteiger partial charge in [-0.15, -0.1) is 0 Å². The molecule has 0 saturated heterocycles. The average molecular weight is 465 g/mol. The molecule has 3 aromatic heterocycles. The molecular weight excluding hydrogens is 447 g/mol. The summed E-state index contributed by atoms with van der Waals surface area (Å²) >= 11 is 0. The minimum Gasteiger partial charge on any atom is -0.383 e. The maximum absolute atomic E-state index is 15.3. The zero-order chi connectivity index (χ0) is 24.1. The van der Waals surface area contributed by atoms with E-state index in [1.54, 1.807) is 11.6 Å². The molecular formula is C23H18F3N7O. The third-order valence-electron chi connectivity index (χ3n) is 5.84. The molecule has 0 fully saturated rings. The summed E-state index contributed by atoms with van der Waals surface area (Å²) in [5.41, 5.74) is 7.73. The monoisotopic (exact) mass is 465 g/mol. The predicted octanol–water partition coefficient (Wildman–Crippen LogP) is 3.34. The molecule has 3 heterocycles. The number of aromatic nitrogens is 6. The first-order chi connectivity index (χ1) is 16.3. The van der Waals surface area contributed by atoms with Crippen molar-refractivity contribution in [3.8, 4) is 16.8 Å². The van der Waals surface area contributed by atoms with Crippen molar-refractivity contribution in [1.82, 2.24) is 28.9 Å². The fourth-order valence-corrected chi connectivity index (χ4v) is 4.03. The number of hydrogen-bond acceptors (Lipinski definition) is 5. The molecule has 5 rings (SSSR count). The van der Waals surface area contributed by atoms with Crippen molar-refractivity contribution in [2.75, 3.05) is 5.73 Å². The van der Waals surface area contributed by atoms with Crippen LogP contribution in [-0.4, -0.2) is 28.9 Å². The topological polar surface area (TPSA) is 96.6 Å². The number of fused-ring (bicyclic) bond motifs is 1. The Balaban J connectivity index is 1.55. The van der Waals surface area contributed by atoms with Crippen molar-refractivity contribution in [3.05, 3.63) is 88.2 Å². The highest BCUT2D eigenvalue weighted by atomic mass is 19.1. The molecule has 34 heavy (non-hydrogen) atoms. The van der Waals surface area contributed by atoms with Crippen LogP contribution < -0.4 is 11.4 Å². The zero-order valence-electron chi connectivity index (χ0n) is 18.1. The predicted molar refractivity (Wildman–Crippen MR) is 120 cm³/mol. The van der Waals surface area contributed by atoms with Crippen molar-refractivity contribution < 1.29 is 13.2 Å². The van der Waals surface area contributed by atoms with Gasteiger partial charge in [0.25, 0.3) is 0 Å². The van der Waals surface area contributed by atoms with Crippen LogP contribution >= 0.6 is 0 Å². The molecule has 0 spiro atoms. The van der Waals surface area contributed by atoms with Crippen LogP contribution in [0.25, 0.3) is 27.8 Å². The molecule has 11 heteroatoms. The Morgan fingerprint density at radius 2 is 1.82 bits per heavy atom. The summed E-state index contributed by atoms with van der Waals surface area (Å²) in [6.45, 7) is 1.60. The molecule has 0 saturated carbocycles. The van der Waals surface area contributed by atoms with E-state index in [4.69, 9.17) is 5.73 Å². The van der Waals surface area contributed by atoms with Crippen molar-refractivity contribution in [2.45, 2.75) is 13.5 Å². The molecule has 0 aliphatic carbocycles. The summed E-state index contributed by atoms with van der Waals surface area (Å²) in [6.07, 6.45) is 2.53. The molecule has 5 aromatic rings. The summed E-state index contributed by atoms with van der Waals surface area (Å²) in [7, 11) is 1.80. The Morgan fingerprint density at radius 1 is 1.03 bits per heavy atom. The van der Waals surface area contributed by atoms with Crippen LogP contribution in [0.5, 0.6) is 0 Å². The van der Waals surface area contributed by atoms with Crippen molar-refractivity contribution in [1.29, 1.82) is 0 Å². The summed E-state index contributed by atoms with van der Waals surface area (Å²) in [4.78, 5) is 21.1. The van der Waals surface area contributed by atoms with Gasteiger partial charge in [0.1, 0.15) is 41.6 Å². The first kappa shape index (κ1) is 21.4. The van der Waals surface area contributed by atoms with E-state index >= 15 is 4.39 Å². The fourth-order valence-electron chi connectivity index (χ4n) is 4.03. The summed E-state index contributed by atoms with van der Waals surface area (Å²) in [5, 5.41) is 4.54. The SMILES string of the molecule is Cc1c(-c2ccc(-n3ncn(Cc4cc(F)ccc4F)c3=O)cc2F)c2c(N)ncnc2n1C. The van der Waals surface area contributed by atoms with Gasteiger partial charge in [-0.3, -0.25) is 4.57 Å². The molecule has 0 bridgehead atoms. The van der Waals surface area contributed by atoms with E-state index in [2.05, 4.69) is 15.1 Å². The third-order valence-corrected chi connectivity index (χ3v) is 5.84. The summed E-state index contributed by atoms with van der Waals surface area (Å²) < 4.78 is 46.6. The first-order valence-corrected chi connectivity index (χ1v) is 10.2. The minimum absolute atomic E-state index is 0.00517. The van der Waals surface area contributed by atoms with Crippen LogP contribution in [-0.2, 0) is 13.6 Å². The number of anilines is 1. The van der Waals surface area contributed by atoms with Crippen LogP contribution in [0.1, 0.15) is 11.3 Å². The van der Waals surface area contributed by atoms with Crippen molar-refractivity contribution in [3.63, 3.8) is 0 Å². The van der Waals surface area contributed by atoms with E-state index in [9.17, 15) is 13.6 Å². The Bertz CT molecular complexity index is 1630. The van der Waals surface area contributed by atoms with Crippen molar-refractivity contribution in [2.24, 2.45) is 7.05 Å². The van der Waals surface area contributed by atoms with Crippen LogP contribution in [0.3, 0.4) is 0 Å². The maximum Gasteiger partial charge on any atom is 0.350 e. The number of nitrogens with two attached hydrogens (primary N) is 1. The summed E-state index contributed by atoms with van der Waals surface area (Å²) in [6, 6.07) is 7.23. The lowest BCUT2D eigenvalue weighted by Crippen LogP contribution is -2.24. The van der Waals surface area contributed by atoms with Gasteiger partial charge in [-0.2, -0.15) is 9.78 Å². The quantitative estimate of drug-likeness (QED) is 0.439. The van der Waals surface area contributed by atoms with E-state index in [1.165, 1.54) is 30.9 Å². The molecule has 0 unspecified atom stereocenters. The van der Waals surface area contributed by atoms with Gasteiger partial charge in [0.2, 0.25) is 0 Å². The lowest BCUT2D eigenvalue weighted by molar-refractivity contribution is 0.574. The van der Waals surface area contributed by atoms with Crippen LogP contribution in [0.4, 0.5) is 19.0 Å². The molecule has 2 aromatic carbocycles. The fraction of sp³-hybridized carbons (Fsp3) is 0.130. The van der Waals surface area contributed by atoms with E-state index in [0.29, 0.717) is 16.6 Å². The Labute approximate surface area is 190 Å². The standard InChI is InChI=1S/C23H18F3N7O/c1-12-19(20-21(27)28-10-29-22(20)31(12)2)16-5-4-15(8-18(16)26)33-23(34)32(11-30-33)9-13-7-14(24)3-6-17(13)25/h3-8,10-11H,9H2,1-2H3,(H2,27,28,29). The molecule has 8 nitrogen and oxygen atoms in total. The second-order valence-corrected chi connectivity index (χ2v) is 7.83. The van der Waals surface area contributed by atoms with Gasteiger partial charge in [0, 0.05) is 35.5 Å². The van der Waals surface area contributed by atoms with E-state index in [1.807, 2.05) is 6.92 Å². The molecule has 2 N–H and O–H groups in total. The number of hydrogen-bond donors (Lipinski definition) is 1. The van der Waals surface area contributed by atoms with Crippen LogP contribution in [0.15, 0.2) is 53.8 Å². The Kier molecular flexibility index (Phi) is 4.96. The third kappa shape index (κ3) is 3.33. The van der Waals surface area contributed by atoms with Gasteiger partial charge in [0.05, 0.1) is 17.6 Å². The van der Waals surface area contributed by atoms with E-state index < -0.39 is 23.1 Å². The van der Waals surface area contributed by atoms with Gasteiger partial charge in [-0.05, 0) is 37.3 Å². The minimum atomic E-state index is -0.648. The van der Waals surface area contributed by atoms with Gasteiger partial charge in [0.15, 0.2) is 0 Å². The first-order valence-electron chi connectivity index (χ1n) is 10.2. The largest absolute Gasteiger partial charge is 0.383 e. The maximum atomic E-state index is 15.3. The Morgan fingerprint density at radius 3 is 2.59 bits per heavy atom. The number of rotatable bonds is 4.